The van der Waals surface area contributed by atoms with Gasteiger partial charge in [-0.05, 0) is 12.8 Å². The maximum absolute atomic E-state index is 11.7. The zero-order valence-corrected chi connectivity index (χ0v) is 10.4. The average Bonchev–Trinajstić information content (AvgIpc) is 2.24. The van der Waals surface area contributed by atoms with E-state index in [0.717, 1.165) is 38.2 Å². The van der Waals surface area contributed by atoms with E-state index in [0.29, 0.717) is 0 Å². The van der Waals surface area contributed by atoms with E-state index < -0.39 is 11.2 Å². The molecule has 0 amide bonds. The second-order valence-corrected chi connectivity index (χ2v) is 4.25. The maximum atomic E-state index is 11.7. The van der Waals surface area contributed by atoms with Crippen molar-refractivity contribution < 1.29 is 5.11 Å². The van der Waals surface area contributed by atoms with Gasteiger partial charge in [0.1, 0.15) is 0 Å². The first-order chi connectivity index (χ1) is 8.10. The molecule has 1 unspecified atom stereocenters. The quantitative estimate of drug-likeness (QED) is 0.795. The minimum absolute atomic E-state index is 0.0377. The van der Waals surface area contributed by atoms with Crippen molar-refractivity contribution in [3.05, 3.63) is 26.9 Å². The van der Waals surface area contributed by atoms with E-state index in [2.05, 4.69) is 11.9 Å². The number of aromatic nitrogens is 2. The molecule has 96 valence electrons. The highest BCUT2D eigenvalue weighted by Gasteiger charge is 2.15. The molecule has 5 nitrogen and oxygen atoms in total. The number of rotatable bonds is 6. The van der Waals surface area contributed by atoms with E-state index in [1.807, 2.05) is 6.92 Å². The molecule has 1 rings (SSSR count). The Morgan fingerprint density at radius 1 is 1.29 bits per heavy atom. The fraction of sp³-hybridized carbons (Fsp3) is 0.667. The predicted octanol–water partition coefficient (Wildman–Crippen LogP) is 1.77. The van der Waals surface area contributed by atoms with E-state index in [9.17, 15) is 14.7 Å². The second-order valence-electron chi connectivity index (χ2n) is 4.25. The molecule has 0 saturated carbocycles. The minimum atomic E-state index is -0.561. The first-order valence-electron chi connectivity index (χ1n) is 6.15. The number of hydrogen-bond donors (Lipinski definition) is 2. The maximum Gasteiger partial charge on any atom is 0.331 e. The van der Waals surface area contributed by atoms with Gasteiger partial charge in [0.15, 0.2) is 0 Å². The largest absolute Gasteiger partial charge is 0.494 e. The summed E-state index contributed by atoms with van der Waals surface area (Å²) in [6.07, 6.45) is 4.62. The van der Waals surface area contributed by atoms with Crippen LogP contribution >= 0.6 is 0 Å². The van der Waals surface area contributed by atoms with Crippen LogP contribution in [0, 0.1) is 0 Å². The van der Waals surface area contributed by atoms with Gasteiger partial charge in [-0.2, -0.15) is 0 Å². The number of unbranched alkanes of at least 4 members (excludes halogenated alkanes) is 1. The van der Waals surface area contributed by atoms with Gasteiger partial charge in [-0.25, -0.2) is 4.79 Å². The molecular weight excluding hydrogens is 220 g/mol. The highest BCUT2D eigenvalue weighted by molar-refractivity contribution is 5.07. The lowest BCUT2D eigenvalue weighted by Gasteiger charge is -2.19. The smallest absolute Gasteiger partial charge is 0.331 e. The molecule has 0 radical (unpaired) electrons. The van der Waals surface area contributed by atoms with E-state index in [1.165, 1.54) is 4.57 Å². The number of aromatic amines is 1. The van der Waals surface area contributed by atoms with Crippen LogP contribution in [0.2, 0.25) is 0 Å². The molecule has 17 heavy (non-hydrogen) atoms. The molecule has 0 aliphatic rings. The van der Waals surface area contributed by atoms with Crippen molar-refractivity contribution in [3.63, 3.8) is 0 Å². The molecule has 0 aliphatic carbocycles. The fourth-order valence-electron chi connectivity index (χ4n) is 2.02. The van der Waals surface area contributed by atoms with Crippen molar-refractivity contribution in [2.75, 3.05) is 0 Å². The fourth-order valence-corrected chi connectivity index (χ4v) is 2.02. The predicted molar refractivity (Wildman–Crippen MR) is 66.5 cm³/mol. The summed E-state index contributed by atoms with van der Waals surface area (Å²) >= 11 is 0. The summed E-state index contributed by atoms with van der Waals surface area (Å²) in [4.78, 5) is 24.9. The van der Waals surface area contributed by atoms with Crippen LogP contribution in [0.3, 0.4) is 0 Å². The number of nitrogens with one attached hydrogen (secondary N) is 1. The van der Waals surface area contributed by atoms with Crippen molar-refractivity contribution >= 4 is 0 Å². The zero-order chi connectivity index (χ0) is 12.8. The van der Waals surface area contributed by atoms with Gasteiger partial charge >= 0.3 is 5.69 Å². The van der Waals surface area contributed by atoms with Gasteiger partial charge in [-0.1, -0.05) is 33.1 Å². The monoisotopic (exact) mass is 240 g/mol. The van der Waals surface area contributed by atoms with Crippen LogP contribution in [-0.2, 0) is 0 Å². The minimum Gasteiger partial charge on any atom is -0.494 e. The topological polar surface area (TPSA) is 75.1 Å². The third-order valence-electron chi connectivity index (χ3n) is 2.83. The van der Waals surface area contributed by atoms with Crippen LogP contribution in [-0.4, -0.2) is 14.7 Å². The molecule has 1 aromatic heterocycles. The van der Waals surface area contributed by atoms with E-state index >= 15 is 0 Å². The second kappa shape index (κ2) is 6.27. The van der Waals surface area contributed by atoms with Crippen molar-refractivity contribution in [3.8, 4) is 5.88 Å². The Kier molecular flexibility index (Phi) is 5.00. The van der Waals surface area contributed by atoms with Crippen LogP contribution in [0.1, 0.15) is 52.0 Å². The Balaban J connectivity index is 3.09. The van der Waals surface area contributed by atoms with Gasteiger partial charge in [0.2, 0.25) is 5.88 Å². The molecule has 0 aromatic carbocycles. The lowest BCUT2D eigenvalue weighted by molar-refractivity contribution is 0.330. The third kappa shape index (κ3) is 3.47. The van der Waals surface area contributed by atoms with Gasteiger partial charge < -0.3 is 5.11 Å². The molecule has 0 bridgehead atoms. The first-order valence-corrected chi connectivity index (χ1v) is 6.15. The summed E-state index contributed by atoms with van der Waals surface area (Å²) in [6.45, 7) is 4.12. The van der Waals surface area contributed by atoms with Crippen LogP contribution in [0.25, 0.3) is 0 Å². The molecule has 1 heterocycles. The number of hydrogen-bond acceptors (Lipinski definition) is 3. The van der Waals surface area contributed by atoms with Gasteiger partial charge in [0, 0.05) is 6.04 Å². The summed E-state index contributed by atoms with van der Waals surface area (Å²) in [5.74, 6) is -0.242. The summed E-state index contributed by atoms with van der Waals surface area (Å²) in [5.41, 5.74) is -1.08. The van der Waals surface area contributed by atoms with E-state index in [-0.39, 0.29) is 11.9 Å². The molecule has 2 N–H and O–H groups in total. The van der Waals surface area contributed by atoms with Crippen LogP contribution < -0.4 is 11.2 Å². The zero-order valence-electron chi connectivity index (χ0n) is 10.4. The molecule has 0 fully saturated rings. The highest BCUT2D eigenvalue weighted by atomic mass is 16.3. The van der Waals surface area contributed by atoms with Crippen LogP contribution in [0.4, 0.5) is 0 Å². The Labute approximate surface area is 100 Å². The number of aromatic hydroxyl groups is 1. The number of nitrogens with zero attached hydrogens (tertiary/aromatic N) is 1. The van der Waals surface area contributed by atoms with Gasteiger partial charge in [0.25, 0.3) is 5.56 Å². The van der Waals surface area contributed by atoms with E-state index in [4.69, 9.17) is 0 Å². The Morgan fingerprint density at radius 2 is 2.00 bits per heavy atom. The highest BCUT2D eigenvalue weighted by Crippen LogP contribution is 2.22. The third-order valence-corrected chi connectivity index (χ3v) is 2.83. The van der Waals surface area contributed by atoms with Crippen molar-refractivity contribution in [1.29, 1.82) is 0 Å². The lowest BCUT2D eigenvalue weighted by Crippen LogP contribution is -2.32. The van der Waals surface area contributed by atoms with Crippen molar-refractivity contribution in [2.24, 2.45) is 0 Å². The molecule has 0 aliphatic heterocycles. The Morgan fingerprint density at radius 3 is 2.53 bits per heavy atom. The molecule has 0 saturated heterocycles. The Bertz CT molecular complexity index is 462. The number of H-pyrrole nitrogens is 1. The van der Waals surface area contributed by atoms with Crippen molar-refractivity contribution in [1.82, 2.24) is 9.55 Å². The van der Waals surface area contributed by atoms with Crippen LogP contribution in [0.5, 0.6) is 5.88 Å². The molecule has 1 atom stereocenters. The summed E-state index contributed by atoms with van der Waals surface area (Å²) < 4.78 is 1.29. The SMILES string of the molecule is CCCCC(CCC)n1c(O)cc(=O)[nH]c1=O. The van der Waals surface area contributed by atoms with E-state index in [1.54, 1.807) is 0 Å². The van der Waals surface area contributed by atoms with Crippen molar-refractivity contribution in [2.45, 2.75) is 52.0 Å². The summed E-state index contributed by atoms with van der Waals surface area (Å²) in [7, 11) is 0. The molecule has 5 heteroatoms. The lowest BCUT2D eigenvalue weighted by atomic mass is 10.0. The molecule has 0 spiro atoms. The standard InChI is InChI=1S/C12H20N2O3/c1-3-5-7-9(6-4-2)14-11(16)8-10(15)13-12(14)17/h8-9,16H,3-7H2,1-2H3,(H,13,15,17). The summed E-state index contributed by atoms with van der Waals surface area (Å²) in [5, 5.41) is 9.71. The normalized spacial score (nSPS) is 12.6. The summed E-state index contributed by atoms with van der Waals surface area (Å²) in [6, 6.07) is 1.01. The molecular formula is C12H20N2O3. The van der Waals surface area contributed by atoms with Gasteiger partial charge in [-0.15, -0.1) is 0 Å². The first kappa shape index (κ1) is 13.5. The van der Waals surface area contributed by atoms with Gasteiger partial charge in [0.05, 0.1) is 6.07 Å². The molecule has 1 aromatic rings. The van der Waals surface area contributed by atoms with Gasteiger partial charge in [-0.3, -0.25) is 14.3 Å². The average molecular weight is 240 g/mol. The van der Waals surface area contributed by atoms with Crippen LogP contribution in [0.15, 0.2) is 15.7 Å². The Hall–Kier alpha value is -1.52.